The predicted octanol–water partition coefficient (Wildman–Crippen LogP) is 5.14. The molecule has 0 atom stereocenters. The first kappa shape index (κ1) is 21.1. The number of carbonyl (C=O) groups is 2. The van der Waals surface area contributed by atoms with Crippen molar-refractivity contribution in [2.75, 3.05) is 13.2 Å². The summed E-state index contributed by atoms with van der Waals surface area (Å²) in [6.07, 6.45) is 0. The number of hydrogen-bond acceptors (Lipinski definition) is 5. The number of pyridine rings is 1. The van der Waals surface area contributed by atoms with Gasteiger partial charge in [-0.1, -0.05) is 60.4 Å². The summed E-state index contributed by atoms with van der Waals surface area (Å²) in [7, 11) is 0. The number of aromatic nitrogens is 1. The third kappa shape index (κ3) is 4.30. The Morgan fingerprint density at radius 1 is 0.750 bits per heavy atom. The molecule has 158 valence electrons. The molecule has 0 aliphatic rings. The molecule has 1 heterocycles. The molecular weight excluding hydrogens is 402 g/mol. The standard InChI is InChI=1S/C27H21NO4/c1-3-31-26(29)24-15-18(16-25(28-24)27(30)32-4-2)13-14-23-21-11-7-5-9-19(21)17-20-10-6-8-12-22(20)23/h5-12,15-17H,3-4H2,1-2H3. The van der Waals surface area contributed by atoms with Gasteiger partial charge in [-0.3, -0.25) is 0 Å². The Kier molecular flexibility index (Phi) is 6.14. The minimum atomic E-state index is -0.614. The van der Waals surface area contributed by atoms with E-state index in [1.807, 2.05) is 36.4 Å². The van der Waals surface area contributed by atoms with E-state index >= 15 is 0 Å². The SMILES string of the molecule is CCOC(=O)c1cc(C#Cc2c3ccccc3cc3ccccc23)cc(C(=O)OCC)n1. The van der Waals surface area contributed by atoms with Crippen molar-refractivity contribution in [3.8, 4) is 11.8 Å². The van der Waals surface area contributed by atoms with Crippen LogP contribution in [0.25, 0.3) is 21.5 Å². The number of hydrogen-bond donors (Lipinski definition) is 0. The molecule has 0 saturated carbocycles. The Balaban J connectivity index is 1.88. The highest BCUT2D eigenvalue weighted by Crippen LogP contribution is 2.27. The first-order valence-corrected chi connectivity index (χ1v) is 10.4. The van der Waals surface area contributed by atoms with Crippen molar-refractivity contribution in [2.45, 2.75) is 13.8 Å². The maximum absolute atomic E-state index is 12.3. The second-order valence-electron chi connectivity index (χ2n) is 7.01. The summed E-state index contributed by atoms with van der Waals surface area (Å²) >= 11 is 0. The van der Waals surface area contributed by atoms with Crippen molar-refractivity contribution in [1.82, 2.24) is 4.98 Å². The van der Waals surface area contributed by atoms with Gasteiger partial charge in [0.15, 0.2) is 11.4 Å². The van der Waals surface area contributed by atoms with E-state index in [-0.39, 0.29) is 24.6 Å². The van der Waals surface area contributed by atoms with Crippen LogP contribution >= 0.6 is 0 Å². The van der Waals surface area contributed by atoms with Gasteiger partial charge in [-0.05, 0) is 53.6 Å². The second-order valence-corrected chi connectivity index (χ2v) is 7.01. The van der Waals surface area contributed by atoms with Crippen LogP contribution < -0.4 is 0 Å². The van der Waals surface area contributed by atoms with E-state index in [0.29, 0.717) is 5.56 Å². The van der Waals surface area contributed by atoms with Crippen LogP contribution in [-0.4, -0.2) is 30.1 Å². The summed E-state index contributed by atoms with van der Waals surface area (Å²) in [4.78, 5) is 28.6. The normalized spacial score (nSPS) is 10.4. The van der Waals surface area contributed by atoms with Crippen LogP contribution in [0.15, 0.2) is 66.7 Å². The maximum Gasteiger partial charge on any atom is 0.356 e. The van der Waals surface area contributed by atoms with Crippen LogP contribution in [0, 0.1) is 11.8 Å². The van der Waals surface area contributed by atoms with Gasteiger partial charge in [-0.2, -0.15) is 0 Å². The molecule has 4 rings (SSSR count). The van der Waals surface area contributed by atoms with Crippen molar-refractivity contribution >= 4 is 33.5 Å². The minimum absolute atomic E-state index is 0.0180. The Hall–Kier alpha value is -4.17. The largest absolute Gasteiger partial charge is 0.461 e. The molecule has 0 N–H and O–H groups in total. The zero-order chi connectivity index (χ0) is 22.5. The monoisotopic (exact) mass is 423 g/mol. The number of esters is 2. The fourth-order valence-corrected chi connectivity index (χ4v) is 3.50. The fraction of sp³-hybridized carbons (Fsp3) is 0.148. The number of benzene rings is 3. The number of rotatable bonds is 4. The minimum Gasteiger partial charge on any atom is -0.461 e. The predicted molar refractivity (Wildman–Crippen MR) is 124 cm³/mol. The Labute approximate surface area is 186 Å². The lowest BCUT2D eigenvalue weighted by Gasteiger charge is -2.07. The van der Waals surface area contributed by atoms with E-state index in [4.69, 9.17) is 9.47 Å². The summed E-state index contributed by atoms with van der Waals surface area (Å²) in [6.45, 7) is 3.82. The zero-order valence-electron chi connectivity index (χ0n) is 17.8. The van der Waals surface area contributed by atoms with E-state index < -0.39 is 11.9 Å². The average molecular weight is 423 g/mol. The smallest absolute Gasteiger partial charge is 0.356 e. The van der Waals surface area contributed by atoms with E-state index in [9.17, 15) is 9.59 Å². The molecule has 0 aliphatic carbocycles. The Morgan fingerprint density at radius 3 is 1.75 bits per heavy atom. The molecule has 4 aromatic rings. The number of nitrogens with zero attached hydrogens (tertiary/aromatic N) is 1. The molecule has 0 fully saturated rings. The van der Waals surface area contributed by atoms with Crippen LogP contribution in [0.5, 0.6) is 0 Å². The van der Waals surface area contributed by atoms with Gasteiger partial charge in [0.25, 0.3) is 0 Å². The lowest BCUT2D eigenvalue weighted by molar-refractivity contribution is 0.0511. The van der Waals surface area contributed by atoms with E-state index in [1.54, 1.807) is 13.8 Å². The third-order valence-corrected chi connectivity index (χ3v) is 4.90. The first-order valence-electron chi connectivity index (χ1n) is 10.4. The molecule has 0 aliphatic heterocycles. The summed E-state index contributed by atoms with van der Waals surface area (Å²) in [6, 6.07) is 21.3. The molecule has 1 aromatic heterocycles. The molecule has 32 heavy (non-hydrogen) atoms. The van der Waals surface area contributed by atoms with Crippen LogP contribution in [0.2, 0.25) is 0 Å². The van der Waals surface area contributed by atoms with Gasteiger partial charge in [0.1, 0.15) is 0 Å². The average Bonchev–Trinajstić information content (AvgIpc) is 2.82. The first-order chi connectivity index (χ1) is 15.6. The Morgan fingerprint density at radius 2 is 1.25 bits per heavy atom. The van der Waals surface area contributed by atoms with Crippen molar-refractivity contribution in [1.29, 1.82) is 0 Å². The van der Waals surface area contributed by atoms with Gasteiger partial charge in [-0.15, -0.1) is 0 Å². The van der Waals surface area contributed by atoms with Crippen molar-refractivity contribution < 1.29 is 19.1 Å². The maximum atomic E-state index is 12.3. The molecular formula is C27H21NO4. The zero-order valence-corrected chi connectivity index (χ0v) is 17.8. The number of ether oxygens (including phenoxy) is 2. The second kappa shape index (κ2) is 9.32. The summed E-state index contributed by atoms with van der Waals surface area (Å²) in [5.41, 5.74) is 1.39. The topological polar surface area (TPSA) is 65.5 Å². The van der Waals surface area contributed by atoms with Gasteiger partial charge in [0.05, 0.1) is 13.2 Å². The van der Waals surface area contributed by atoms with E-state index in [0.717, 1.165) is 27.1 Å². The van der Waals surface area contributed by atoms with Gasteiger partial charge >= 0.3 is 11.9 Å². The van der Waals surface area contributed by atoms with Crippen LogP contribution in [0.4, 0.5) is 0 Å². The molecule has 5 heteroatoms. The van der Waals surface area contributed by atoms with Gasteiger partial charge in [0, 0.05) is 11.1 Å². The lowest BCUT2D eigenvalue weighted by atomic mass is 9.97. The van der Waals surface area contributed by atoms with Gasteiger partial charge in [-0.25, -0.2) is 14.6 Å². The highest BCUT2D eigenvalue weighted by atomic mass is 16.5. The number of fused-ring (bicyclic) bond motifs is 2. The van der Waals surface area contributed by atoms with E-state index in [1.165, 1.54) is 12.1 Å². The fourth-order valence-electron chi connectivity index (χ4n) is 3.50. The van der Waals surface area contributed by atoms with Crippen molar-refractivity contribution in [3.63, 3.8) is 0 Å². The molecule has 0 unspecified atom stereocenters. The third-order valence-electron chi connectivity index (χ3n) is 4.90. The van der Waals surface area contributed by atoms with Crippen LogP contribution in [0.1, 0.15) is 46.0 Å². The van der Waals surface area contributed by atoms with Gasteiger partial charge in [0.2, 0.25) is 0 Å². The lowest BCUT2D eigenvalue weighted by Crippen LogP contribution is -2.13. The molecule has 0 amide bonds. The molecule has 0 saturated heterocycles. The molecule has 0 radical (unpaired) electrons. The number of carbonyl (C=O) groups excluding carboxylic acids is 2. The van der Waals surface area contributed by atoms with Gasteiger partial charge < -0.3 is 9.47 Å². The van der Waals surface area contributed by atoms with E-state index in [2.05, 4.69) is 35.0 Å². The van der Waals surface area contributed by atoms with Crippen molar-refractivity contribution in [3.05, 3.63) is 89.2 Å². The highest BCUT2D eigenvalue weighted by molar-refractivity contribution is 6.04. The Bertz CT molecular complexity index is 1310. The molecule has 0 bridgehead atoms. The summed E-state index contributed by atoms with van der Waals surface area (Å²) in [5.74, 6) is 5.15. The molecule has 5 nitrogen and oxygen atoms in total. The summed E-state index contributed by atoms with van der Waals surface area (Å²) in [5, 5.41) is 4.24. The van der Waals surface area contributed by atoms with Crippen molar-refractivity contribution in [2.24, 2.45) is 0 Å². The highest BCUT2D eigenvalue weighted by Gasteiger charge is 2.16. The molecule has 0 spiro atoms. The summed E-state index contributed by atoms with van der Waals surface area (Å²) < 4.78 is 10.1. The van der Waals surface area contributed by atoms with Crippen LogP contribution in [-0.2, 0) is 9.47 Å². The van der Waals surface area contributed by atoms with Crippen LogP contribution in [0.3, 0.4) is 0 Å². The molecule has 3 aromatic carbocycles. The quantitative estimate of drug-likeness (QED) is 0.258.